The highest BCUT2D eigenvalue weighted by molar-refractivity contribution is 14.0. The Balaban J connectivity index is 0.00000300. The molecule has 3 N–H and O–H groups in total. The van der Waals surface area contributed by atoms with Gasteiger partial charge in [-0.2, -0.15) is 0 Å². The number of piperidine rings is 1. The van der Waals surface area contributed by atoms with Crippen LogP contribution in [-0.2, 0) is 9.59 Å². The first-order valence-corrected chi connectivity index (χ1v) is 10.2. The molecule has 1 aromatic rings. The van der Waals surface area contributed by atoms with E-state index in [0.29, 0.717) is 37.8 Å². The van der Waals surface area contributed by atoms with Gasteiger partial charge < -0.3 is 20.9 Å². The molecule has 29 heavy (non-hydrogen) atoms. The molecular weight excluding hydrogens is 481 g/mol. The third kappa shape index (κ3) is 6.58. The zero-order chi connectivity index (χ0) is 19.9. The molecule has 0 radical (unpaired) electrons. The van der Waals surface area contributed by atoms with Crippen molar-refractivity contribution in [1.29, 1.82) is 0 Å². The molecule has 2 atom stereocenters. The molecule has 1 aromatic carbocycles. The fourth-order valence-corrected chi connectivity index (χ4v) is 3.99. The van der Waals surface area contributed by atoms with E-state index in [-0.39, 0.29) is 41.7 Å². The summed E-state index contributed by atoms with van der Waals surface area (Å²) in [6, 6.07) is 7.90. The van der Waals surface area contributed by atoms with Crippen LogP contribution >= 0.6 is 24.0 Å². The van der Waals surface area contributed by atoms with E-state index < -0.39 is 0 Å². The summed E-state index contributed by atoms with van der Waals surface area (Å²) in [5.41, 5.74) is 2.02. The Kier molecular flexibility index (Phi) is 9.19. The van der Waals surface area contributed by atoms with Gasteiger partial charge in [0.15, 0.2) is 5.96 Å². The molecule has 0 saturated carbocycles. The molecule has 3 rings (SSSR count). The van der Waals surface area contributed by atoms with Gasteiger partial charge in [-0.1, -0.05) is 25.1 Å². The van der Waals surface area contributed by atoms with Crippen LogP contribution in [0.2, 0.25) is 0 Å². The van der Waals surface area contributed by atoms with Crippen LogP contribution in [0.15, 0.2) is 29.3 Å². The Morgan fingerprint density at radius 2 is 2.10 bits per heavy atom. The van der Waals surface area contributed by atoms with E-state index in [9.17, 15) is 9.59 Å². The predicted octanol–water partition coefficient (Wildman–Crippen LogP) is 2.54. The summed E-state index contributed by atoms with van der Waals surface area (Å²) in [6.07, 6.45) is 3.22. The maximum atomic E-state index is 12.4. The number of hydrogen-bond acceptors (Lipinski definition) is 3. The maximum Gasteiger partial charge on any atom is 0.225 e. The first-order valence-electron chi connectivity index (χ1n) is 10.2. The van der Waals surface area contributed by atoms with E-state index in [1.54, 1.807) is 7.05 Å². The van der Waals surface area contributed by atoms with Crippen LogP contribution in [0.1, 0.15) is 44.1 Å². The Bertz CT molecular complexity index is 740. The number of carbonyl (C=O) groups is 2. The smallest absolute Gasteiger partial charge is 0.225 e. The van der Waals surface area contributed by atoms with Gasteiger partial charge in [0, 0.05) is 57.7 Å². The second-order valence-corrected chi connectivity index (χ2v) is 7.75. The summed E-state index contributed by atoms with van der Waals surface area (Å²) in [6.45, 7) is 5.11. The number of benzene rings is 1. The summed E-state index contributed by atoms with van der Waals surface area (Å²) in [5, 5.41) is 9.43. The molecule has 2 heterocycles. The first-order chi connectivity index (χ1) is 13.6. The second-order valence-electron chi connectivity index (χ2n) is 7.75. The van der Waals surface area contributed by atoms with Crippen molar-refractivity contribution < 1.29 is 9.59 Å². The molecule has 2 unspecified atom stereocenters. The molecule has 1 fully saturated rings. The first kappa shape index (κ1) is 23.4. The maximum absolute atomic E-state index is 12.4. The van der Waals surface area contributed by atoms with Crippen LogP contribution in [0.4, 0.5) is 5.69 Å². The topological polar surface area (TPSA) is 85.8 Å². The monoisotopic (exact) mass is 513 g/mol. The SMILES string of the molecule is CN=C(NCCC(=O)N1CCCC(C)C1)NCC1CC(=O)Nc2ccccc21.I. The van der Waals surface area contributed by atoms with Crippen molar-refractivity contribution in [3.63, 3.8) is 0 Å². The second kappa shape index (κ2) is 11.4. The largest absolute Gasteiger partial charge is 0.356 e. The highest BCUT2D eigenvalue weighted by Gasteiger charge is 2.25. The minimum absolute atomic E-state index is 0. The third-order valence-corrected chi connectivity index (χ3v) is 5.49. The van der Waals surface area contributed by atoms with Gasteiger partial charge in [0.25, 0.3) is 0 Å². The molecule has 0 aliphatic carbocycles. The fraction of sp³-hybridized carbons (Fsp3) is 0.571. The van der Waals surface area contributed by atoms with Gasteiger partial charge in [0.05, 0.1) is 0 Å². The Morgan fingerprint density at radius 1 is 1.31 bits per heavy atom. The number of para-hydroxylation sites is 1. The number of halogens is 1. The molecule has 1 saturated heterocycles. The van der Waals surface area contributed by atoms with Crippen molar-refractivity contribution in [3.8, 4) is 0 Å². The summed E-state index contributed by atoms with van der Waals surface area (Å²) in [7, 11) is 1.71. The molecule has 8 heteroatoms. The van der Waals surface area contributed by atoms with Crippen LogP contribution in [0.3, 0.4) is 0 Å². The Morgan fingerprint density at radius 3 is 2.86 bits per heavy atom. The average Bonchev–Trinajstić information content (AvgIpc) is 2.70. The van der Waals surface area contributed by atoms with Crippen LogP contribution in [0.25, 0.3) is 0 Å². The number of nitrogens with zero attached hydrogens (tertiary/aromatic N) is 2. The highest BCUT2D eigenvalue weighted by atomic mass is 127. The minimum Gasteiger partial charge on any atom is -0.356 e. The van der Waals surface area contributed by atoms with E-state index in [2.05, 4.69) is 33.9 Å². The number of fused-ring (bicyclic) bond motifs is 1. The number of aliphatic imine (C=N–C) groups is 1. The van der Waals surface area contributed by atoms with E-state index in [1.165, 1.54) is 6.42 Å². The molecule has 2 amide bonds. The van der Waals surface area contributed by atoms with Gasteiger partial charge in [0.2, 0.25) is 11.8 Å². The van der Waals surface area contributed by atoms with Crippen LogP contribution < -0.4 is 16.0 Å². The van der Waals surface area contributed by atoms with E-state index in [1.807, 2.05) is 23.1 Å². The molecule has 2 aliphatic rings. The minimum atomic E-state index is 0. The van der Waals surface area contributed by atoms with E-state index in [4.69, 9.17) is 0 Å². The number of rotatable bonds is 5. The standard InChI is InChI=1S/C21H31N5O2.HI/c1-15-6-5-11-26(14-15)20(28)9-10-23-21(22-2)24-13-16-12-19(27)25-18-8-4-3-7-17(16)18;/h3-4,7-8,15-16H,5-6,9-14H2,1-2H3,(H,25,27)(H2,22,23,24);1H. The normalized spacial score (nSPS) is 21.5. The molecule has 160 valence electrons. The number of hydrogen-bond donors (Lipinski definition) is 3. The van der Waals surface area contributed by atoms with Gasteiger partial charge in [-0.15, -0.1) is 24.0 Å². The van der Waals surface area contributed by atoms with Crippen LogP contribution in [0, 0.1) is 5.92 Å². The highest BCUT2D eigenvalue weighted by Crippen LogP contribution is 2.31. The quantitative estimate of drug-likeness (QED) is 0.321. The number of amides is 2. The van der Waals surface area contributed by atoms with Gasteiger partial charge in [-0.25, -0.2) is 0 Å². The predicted molar refractivity (Wildman–Crippen MR) is 127 cm³/mol. The van der Waals surface area contributed by atoms with Crippen molar-refractivity contribution in [3.05, 3.63) is 29.8 Å². The molecule has 0 bridgehead atoms. The van der Waals surface area contributed by atoms with Gasteiger partial charge in [-0.05, 0) is 30.4 Å². The molecule has 7 nitrogen and oxygen atoms in total. The van der Waals surface area contributed by atoms with Crippen molar-refractivity contribution >= 4 is 47.4 Å². The van der Waals surface area contributed by atoms with Gasteiger partial charge >= 0.3 is 0 Å². The number of carbonyl (C=O) groups excluding carboxylic acids is 2. The fourth-order valence-electron chi connectivity index (χ4n) is 3.99. The number of anilines is 1. The molecule has 0 aromatic heterocycles. The van der Waals surface area contributed by atoms with Gasteiger partial charge in [0.1, 0.15) is 0 Å². The summed E-state index contributed by atoms with van der Waals surface area (Å²) in [4.78, 5) is 30.5. The molecule has 0 spiro atoms. The summed E-state index contributed by atoms with van der Waals surface area (Å²) < 4.78 is 0. The van der Waals surface area contributed by atoms with Crippen LogP contribution in [0.5, 0.6) is 0 Å². The zero-order valence-corrected chi connectivity index (χ0v) is 19.6. The van der Waals surface area contributed by atoms with Gasteiger partial charge in [-0.3, -0.25) is 14.6 Å². The van der Waals surface area contributed by atoms with Crippen molar-refractivity contribution in [2.45, 2.75) is 38.5 Å². The lowest BCUT2D eigenvalue weighted by molar-refractivity contribution is -0.132. The van der Waals surface area contributed by atoms with Crippen LogP contribution in [-0.4, -0.2) is 55.9 Å². The lowest BCUT2D eigenvalue weighted by Gasteiger charge is -2.31. The zero-order valence-electron chi connectivity index (χ0n) is 17.2. The van der Waals surface area contributed by atoms with Crippen molar-refractivity contribution in [2.24, 2.45) is 10.9 Å². The number of nitrogens with one attached hydrogen (secondary N) is 3. The lowest BCUT2D eigenvalue weighted by atomic mass is 9.90. The lowest BCUT2D eigenvalue weighted by Crippen LogP contribution is -2.43. The van der Waals surface area contributed by atoms with E-state index >= 15 is 0 Å². The molecular formula is C21H32IN5O2. The number of likely N-dealkylation sites (tertiary alicyclic amines) is 1. The van der Waals surface area contributed by atoms with E-state index in [0.717, 1.165) is 30.8 Å². The Labute approximate surface area is 190 Å². The Hall–Kier alpha value is -1.84. The van der Waals surface area contributed by atoms with Crippen molar-refractivity contribution in [2.75, 3.05) is 38.5 Å². The summed E-state index contributed by atoms with van der Waals surface area (Å²) in [5.74, 6) is 1.58. The average molecular weight is 513 g/mol. The molecule has 2 aliphatic heterocycles. The summed E-state index contributed by atoms with van der Waals surface area (Å²) >= 11 is 0. The van der Waals surface area contributed by atoms with Crippen molar-refractivity contribution in [1.82, 2.24) is 15.5 Å². The third-order valence-electron chi connectivity index (χ3n) is 5.49. The number of guanidine groups is 1.